The van der Waals surface area contributed by atoms with Crippen LogP contribution in [0, 0.1) is 0 Å². The van der Waals surface area contributed by atoms with E-state index in [4.69, 9.17) is 0 Å². The topological polar surface area (TPSA) is 66.1 Å². The lowest BCUT2D eigenvalue weighted by Crippen LogP contribution is -2.27. The van der Waals surface area contributed by atoms with E-state index in [1.54, 1.807) is 6.20 Å². The highest BCUT2D eigenvalue weighted by molar-refractivity contribution is 7.88. The lowest BCUT2D eigenvalue weighted by Gasteiger charge is -2.12. The van der Waals surface area contributed by atoms with E-state index in [1.165, 1.54) is 10.6 Å². The van der Waals surface area contributed by atoms with Crippen molar-refractivity contribution < 1.29 is 8.42 Å². The first-order chi connectivity index (χ1) is 6.57. The second kappa shape index (κ2) is 3.36. The largest absolute Gasteiger partial charge is 0.282 e. The summed E-state index contributed by atoms with van der Waals surface area (Å²) in [6.07, 6.45) is 3.82. The fourth-order valence-corrected chi connectivity index (χ4v) is 2.67. The van der Waals surface area contributed by atoms with Crippen LogP contribution >= 0.6 is 0 Å². The Bertz CT molecular complexity index is 398. The lowest BCUT2D eigenvalue weighted by atomic mass is 10.1. The minimum absolute atomic E-state index is 0.271. The Morgan fingerprint density at radius 1 is 1.64 bits per heavy atom. The van der Waals surface area contributed by atoms with Crippen LogP contribution in [-0.4, -0.2) is 42.3 Å². The molecule has 0 bridgehead atoms. The molecule has 0 saturated carbocycles. The zero-order valence-electron chi connectivity index (χ0n) is 7.97. The number of rotatable bonds is 2. The molecule has 1 saturated heterocycles. The van der Waals surface area contributed by atoms with E-state index in [-0.39, 0.29) is 5.92 Å². The van der Waals surface area contributed by atoms with Gasteiger partial charge in [-0.05, 0) is 12.5 Å². The molecular weight excluding hydrogens is 202 g/mol. The van der Waals surface area contributed by atoms with Gasteiger partial charge in [0.25, 0.3) is 0 Å². The highest BCUT2D eigenvalue weighted by Crippen LogP contribution is 2.26. The smallest absolute Gasteiger partial charge is 0.211 e. The number of nitrogens with zero attached hydrogens (tertiary/aromatic N) is 2. The summed E-state index contributed by atoms with van der Waals surface area (Å²) in [7, 11) is -3.03. The maximum Gasteiger partial charge on any atom is 0.211 e. The molecule has 1 aromatic heterocycles. The molecule has 2 heterocycles. The van der Waals surface area contributed by atoms with Gasteiger partial charge >= 0.3 is 0 Å². The second-order valence-corrected chi connectivity index (χ2v) is 5.60. The molecule has 1 aromatic rings. The van der Waals surface area contributed by atoms with Crippen LogP contribution in [0.2, 0.25) is 0 Å². The van der Waals surface area contributed by atoms with Crippen molar-refractivity contribution >= 4 is 10.0 Å². The highest BCUT2D eigenvalue weighted by Gasteiger charge is 2.29. The van der Waals surface area contributed by atoms with Gasteiger partial charge in [-0.2, -0.15) is 5.10 Å². The summed E-state index contributed by atoms with van der Waals surface area (Å²) in [5, 5.41) is 6.74. The Hall–Kier alpha value is -0.880. The van der Waals surface area contributed by atoms with Crippen LogP contribution in [0.5, 0.6) is 0 Å². The molecule has 1 fully saturated rings. The molecule has 1 aliphatic rings. The number of aromatic amines is 1. The maximum atomic E-state index is 11.2. The Morgan fingerprint density at radius 2 is 2.43 bits per heavy atom. The standard InChI is InChI=1S/C8H13N3O2S/c1-14(12,13)11-5-3-7(6-11)8-2-4-9-10-8/h2,4,7H,3,5-6H2,1H3,(H,9,10). The summed E-state index contributed by atoms with van der Waals surface area (Å²) >= 11 is 0. The third-order valence-electron chi connectivity index (χ3n) is 2.58. The molecule has 1 aliphatic heterocycles. The molecule has 78 valence electrons. The van der Waals surface area contributed by atoms with Gasteiger partial charge < -0.3 is 0 Å². The summed E-state index contributed by atoms with van der Waals surface area (Å²) in [6.45, 7) is 1.18. The first-order valence-corrected chi connectivity index (χ1v) is 6.36. The van der Waals surface area contributed by atoms with E-state index in [1.807, 2.05) is 6.07 Å². The average Bonchev–Trinajstić information content (AvgIpc) is 2.73. The van der Waals surface area contributed by atoms with Crippen molar-refractivity contribution in [3.63, 3.8) is 0 Å². The Morgan fingerprint density at radius 3 is 2.93 bits per heavy atom. The van der Waals surface area contributed by atoms with Crippen molar-refractivity contribution in [3.05, 3.63) is 18.0 Å². The van der Waals surface area contributed by atoms with Gasteiger partial charge in [-0.15, -0.1) is 0 Å². The van der Waals surface area contributed by atoms with Gasteiger partial charge in [-0.1, -0.05) is 0 Å². The SMILES string of the molecule is CS(=O)(=O)N1CCC(c2ccn[nH]2)C1. The molecule has 0 aliphatic carbocycles. The van der Waals surface area contributed by atoms with Crippen molar-refractivity contribution in [2.75, 3.05) is 19.3 Å². The van der Waals surface area contributed by atoms with Gasteiger partial charge in [-0.3, -0.25) is 5.10 Å². The summed E-state index contributed by atoms with van der Waals surface area (Å²) < 4.78 is 24.0. The third-order valence-corrected chi connectivity index (χ3v) is 3.85. The number of hydrogen-bond donors (Lipinski definition) is 1. The monoisotopic (exact) mass is 215 g/mol. The van der Waals surface area contributed by atoms with Crippen LogP contribution < -0.4 is 0 Å². The summed E-state index contributed by atoms with van der Waals surface area (Å²) in [5.41, 5.74) is 1.02. The Labute approximate surface area is 83.2 Å². The molecular formula is C8H13N3O2S. The fourth-order valence-electron chi connectivity index (χ4n) is 1.78. The van der Waals surface area contributed by atoms with Crippen LogP contribution in [0.25, 0.3) is 0 Å². The van der Waals surface area contributed by atoms with E-state index in [0.717, 1.165) is 12.1 Å². The van der Waals surface area contributed by atoms with E-state index in [9.17, 15) is 8.42 Å². The number of hydrogen-bond acceptors (Lipinski definition) is 3. The van der Waals surface area contributed by atoms with Crippen molar-refractivity contribution in [2.24, 2.45) is 0 Å². The van der Waals surface area contributed by atoms with Gasteiger partial charge in [0.05, 0.1) is 6.26 Å². The van der Waals surface area contributed by atoms with E-state index >= 15 is 0 Å². The molecule has 1 unspecified atom stereocenters. The average molecular weight is 215 g/mol. The molecule has 0 aromatic carbocycles. The van der Waals surface area contributed by atoms with Gasteiger partial charge in [0, 0.05) is 30.9 Å². The summed E-state index contributed by atoms with van der Waals surface area (Å²) in [4.78, 5) is 0. The van der Waals surface area contributed by atoms with Gasteiger partial charge in [0.15, 0.2) is 0 Å². The van der Waals surface area contributed by atoms with Crippen LogP contribution in [0.3, 0.4) is 0 Å². The van der Waals surface area contributed by atoms with Gasteiger partial charge in [-0.25, -0.2) is 12.7 Å². The Balaban J connectivity index is 2.10. The molecule has 0 amide bonds. The quantitative estimate of drug-likeness (QED) is 0.764. The van der Waals surface area contributed by atoms with Crippen LogP contribution in [0.15, 0.2) is 12.3 Å². The predicted octanol–water partition coefficient (Wildman–Crippen LogP) is 0.159. The number of sulfonamides is 1. The maximum absolute atomic E-state index is 11.2. The summed E-state index contributed by atoms with van der Waals surface area (Å²) in [6, 6.07) is 1.90. The van der Waals surface area contributed by atoms with Gasteiger partial charge in [0.2, 0.25) is 10.0 Å². The molecule has 14 heavy (non-hydrogen) atoms. The first-order valence-electron chi connectivity index (χ1n) is 4.52. The van der Waals surface area contributed by atoms with E-state index < -0.39 is 10.0 Å². The molecule has 2 rings (SSSR count). The third kappa shape index (κ3) is 1.80. The number of H-pyrrole nitrogens is 1. The van der Waals surface area contributed by atoms with Gasteiger partial charge in [0.1, 0.15) is 0 Å². The van der Waals surface area contributed by atoms with Crippen LogP contribution in [0.4, 0.5) is 0 Å². The summed E-state index contributed by atoms with van der Waals surface area (Å²) in [5.74, 6) is 0.271. The van der Waals surface area contributed by atoms with Crippen molar-refractivity contribution in [1.29, 1.82) is 0 Å². The predicted molar refractivity (Wildman–Crippen MR) is 52.4 cm³/mol. The highest BCUT2D eigenvalue weighted by atomic mass is 32.2. The molecule has 1 N–H and O–H groups in total. The van der Waals surface area contributed by atoms with E-state index in [0.29, 0.717) is 13.1 Å². The fraction of sp³-hybridized carbons (Fsp3) is 0.625. The molecule has 0 spiro atoms. The molecule has 0 radical (unpaired) electrons. The number of aromatic nitrogens is 2. The second-order valence-electron chi connectivity index (χ2n) is 3.62. The normalized spacial score (nSPS) is 24.2. The molecule has 1 atom stereocenters. The molecule has 5 nitrogen and oxygen atoms in total. The van der Waals surface area contributed by atoms with Crippen molar-refractivity contribution in [2.45, 2.75) is 12.3 Å². The zero-order valence-corrected chi connectivity index (χ0v) is 8.79. The zero-order chi connectivity index (χ0) is 10.2. The first kappa shape index (κ1) is 9.67. The lowest BCUT2D eigenvalue weighted by molar-refractivity contribution is 0.477. The minimum atomic E-state index is -3.03. The van der Waals surface area contributed by atoms with E-state index in [2.05, 4.69) is 10.2 Å². The minimum Gasteiger partial charge on any atom is -0.282 e. The van der Waals surface area contributed by atoms with Crippen LogP contribution in [0.1, 0.15) is 18.0 Å². The van der Waals surface area contributed by atoms with Crippen molar-refractivity contribution in [1.82, 2.24) is 14.5 Å². The molecule has 6 heteroatoms. The number of nitrogens with one attached hydrogen (secondary N) is 1. The van der Waals surface area contributed by atoms with Crippen LogP contribution in [-0.2, 0) is 10.0 Å². The van der Waals surface area contributed by atoms with Crippen molar-refractivity contribution in [3.8, 4) is 0 Å². The Kier molecular flexibility index (Phi) is 2.32.